The number of aryl methyl sites for hydroxylation is 1. The molecule has 0 aliphatic rings. The molecular formula is C15H16FNO2. The van der Waals surface area contributed by atoms with E-state index in [1.54, 1.807) is 30.5 Å². The molecule has 0 bridgehead atoms. The van der Waals surface area contributed by atoms with E-state index in [2.05, 4.69) is 4.98 Å². The van der Waals surface area contributed by atoms with Crippen molar-refractivity contribution >= 4 is 0 Å². The van der Waals surface area contributed by atoms with Crippen LogP contribution < -0.4 is 4.74 Å². The molecule has 2 rings (SSSR count). The van der Waals surface area contributed by atoms with Crippen molar-refractivity contribution in [2.75, 3.05) is 7.11 Å². The lowest BCUT2D eigenvalue weighted by Gasteiger charge is -2.26. The molecule has 0 radical (unpaired) electrons. The summed E-state index contributed by atoms with van der Waals surface area (Å²) in [4.78, 5) is 4.13. The minimum Gasteiger partial charge on any atom is -0.496 e. The molecule has 1 heterocycles. The number of benzene rings is 1. The van der Waals surface area contributed by atoms with E-state index in [0.717, 1.165) is 5.69 Å². The third kappa shape index (κ3) is 2.44. The molecule has 19 heavy (non-hydrogen) atoms. The molecule has 0 amide bonds. The highest BCUT2D eigenvalue weighted by Gasteiger charge is 2.32. The van der Waals surface area contributed by atoms with Crippen LogP contribution in [0, 0.1) is 12.7 Å². The number of nitrogens with zero attached hydrogens (tertiary/aromatic N) is 1. The van der Waals surface area contributed by atoms with Crippen molar-refractivity contribution in [3.63, 3.8) is 0 Å². The topological polar surface area (TPSA) is 42.4 Å². The number of hydrogen-bond acceptors (Lipinski definition) is 3. The first kappa shape index (κ1) is 13.5. The number of halogens is 1. The molecular weight excluding hydrogens is 245 g/mol. The number of aromatic nitrogens is 1. The van der Waals surface area contributed by atoms with Crippen LogP contribution >= 0.6 is 0 Å². The van der Waals surface area contributed by atoms with Crippen LogP contribution in [0.1, 0.15) is 23.7 Å². The first-order valence-corrected chi connectivity index (χ1v) is 5.95. The zero-order valence-corrected chi connectivity index (χ0v) is 11.1. The average molecular weight is 261 g/mol. The molecule has 4 heteroatoms. The third-order valence-corrected chi connectivity index (χ3v) is 3.16. The quantitative estimate of drug-likeness (QED) is 0.923. The summed E-state index contributed by atoms with van der Waals surface area (Å²) in [6, 6.07) is 7.97. The number of pyridine rings is 1. The summed E-state index contributed by atoms with van der Waals surface area (Å²) in [5, 5.41) is 10.7. The second kappa shape index (κ2) is 4.97. The van der Waals surface area contributed by atoms with Crippen LogP contribution in [-0.4, -0.2) is 17.2 Å². The van der Waals surface area contributed by atoms with Crippen molar-refractivity contribution in [1.82, 2.24) is 4.98 Å². The summed E-state index contributed by atoms with van der Waals surface area (Å²) in [5.74, 6) is -0.199. The van der Waals surface area contributed by atoms with Gasteiger partial charge >= 0.3 is 0 Å². The normalized spacial score (nSPS) is 13.9. The average Bonchev–Trinajstić information content (AvgIpc) is 2.38. The first-order valence-electron chi connectivity index (χ1n) is 5.95. The van der Waals surface area contributed by atoms with Gasteiger partial charge in [-0.05, 0) is 32.0 Å². The van der Waals surface area contributed by atoms with Crippen molar-refractivity contribution in [1.29, 1.82) is 0 Å². The monoisotopic (exact) mass is 261 g/mol. The van der Waals surface area contributed by atoms with Gasteiger partial charge in [0.15, 0.2) is 0 Å². The van der Waals surface area contributed by atoms with Gasteiger partial charge in [-0.15, -0.1) is 0 Å². The van der Waals surface area contributed by atoms with E-state index in [4.69, 9.17) is 4.74 Å². The zero-order valence-electron chi connectivity index (χ0n) is 11.1. The fourth-order valence-electron chi connectivity index (χ4n) is 2.05. The van der Waals surface area contributed by atoms with Gasteiger partial charge in [0, 0.05) is 17.5 Å². The minimum atomic E-state index is -1.50. The molecule has 1 N–H and O–H groups in total. The lowest BCUT2D eigenvalue weighted by molar-refractivity contribution is 0.0941. The minimum absolute atomic E-state index is 0.114. The van der Waals surface area contributed by atoms with Crippen molar-refractivity contribution in [3.05, 3.63) is 59.2 Å². The molecule has 0 aliphatic carbocycles. The lowest BCUT2D eigenvalue weighted by atomic mass is 9.88. The van der Waals surface area contributed by atoms with E-state index in [-0.39, 0.29) is 5.56 Å². The molecule has 3 nitrogen and oxygen atoms in total. The van der Waals surface area contributed by atoms with Crippen LogP contribution in [0.15, 0.2) is 36.5 Å². The SMILES string of the molecule is COc1cccc(F)c1C(C)(O)c1ccc(C)nc1. The van der Waals surface area contributed by atoms with Crippen LogP contribution in [0.4, 0.5) is 4.39 Å². The van der Waals surface area contributed by atoms with Gasteiger partial charge in [0.25, 0.3) is 0 Å². The molecule has 1 atom stereocenters. The zero-order chi connectivity index (χ0) is 14.0. The van der Waals surface area contributed by atoms with Gasteiger partial charge in [-0.25, -0.2) is 4.39 Å². The summed E-state index contributed by atoms with van der Waals surface area (Å²) in [6.07, 6.45) is 1.54. The van der Waals surface area contributed by atoms with E-state index >= 15 is 0 Å². The Balaban J connectivity index is 2.58. The predicted molar refractivity (Wildman–Crippen MR) is 70.6 cm³/mol. The first-order chi connectivity index (χ1) is 8.96. The van der Waals surface area contributed by atoms with Crippen molar-refractivity contribution in [2.24, 2.45) is 0 Å². The van der Waals surface area contributed by atoms with Gasteiger partial charge in [0.1, 0.15) is 17.2 Å². The Labute approximate surface area is 111 Å². The van der Waals surface area contributed by atoms with Crippen LogP contribution in [0.25, 0.3) is 0 Å². The van der Waals surface area contributed by atoms with E-state index in [0.29, 0.717) is 11.3 Å². The Morgan fingerprint density at radius 1 is 1.26 bits per heavy atom. The highest BCUT2D eigenvalue weighted by Crippen LogP contribution is 2.36. The van der Waals surface area contributed by atoms with Crippen molar-refractivity contribution in [2.45, 2.75) is 19.4 Å². The van der Waals surface area contributed by atoms with Crippen LogP contribution in [0.2, 0.25) is 0 Å². The number of ether oxygens (including phenoxy) is 1. The molecule has 0 aliphatic heterocycles. The van der Waals surface area contributed by atoms with Gasteiger partial charge in [-0.3, -0.25) is 4.98 Å². The molecule has 1 unspecified atom stereocenters. The Hall–Kier alpha value is -1.94. The van der Waals surface area contributed by atoms with Crippen LogP contribution in [0.5, 0.6) is 5.75 Å². The molecule has 1 aromatic heterocycles. The van der Waals surface area contributed by atoms with Crippen molar-refractivity contribution < 1.29 is 14.2 Å². The maximum absolute atomic E-state index is 14.0. The van der Waals surface area contributed by atoms with E-state index in [1.165, 1.54) is 20.1 Å². The number of aliphatic hydroxyl groups is 1. The largest absolute Gasteiger partial charge is 0.496 e. The van der Waals surface area contributed by atoms with Gasteiger partial charge < -0.3 is 9.84 Å². The molecule has 0 saturated heterocycles. The molecule has 0 fully saturated rings. The molecule has 0 saturated carbocycles. The molecule has 0 spiro atoms. The van der Waals surface area contributed by atoms with Crippen LogP contribution in [0.3, 0.4) is 0 Å². The smallest absolute Gasteiger partial charge is 0.133 e. The second-order valence-electron chi connectivity index (χ2n) is 4.58. The predicted octanol–water partition coefficient (Wildman–Crippen LogP) is 2.79. The Kier molecular flexibility index (Phi) is 3.53. The summed E-state index contributed by atoms with van der Waals surface area (Å²) < 4.78 is 19.2. The number of rotatable bonds is 3. The Bertz CT molecular complexity index is 579. The third-order valence-electron chi connectivity index (χ3n) is 3.16. The van der Waals surface area contributed by atoms with Gasteiger partial charge in [0.2, 0.25) is 0 Å². The summed E-state index contributed by atoms with van der Waals surface area (Å²) in [7, 11) is 1.45. The van der Waals surface area contributed by atoms with E-state index < -0.39 is 11.4 Å². The van der Waals surface area contributed by atoms with E-state index in [9.17, 15) is 9.50 Å². The summed E-state index contributed by atoms with van der Waals surface area (Å²) in [6.45, 7) is 3.38. The molecule has 2 aromatic rings. The maximum Gasteiger partial charge on any atom is 0.133 e. The highest BCUT2D eigenvalue weighted by atomic mass is 19.1. The van der Waals surface area contributed by atoms with Crippen LogP contribution in [-0.2, 0) is 5.60 Å². The fraction of sp³-hybridized carbons (Fsp3) is 0.267. The lowest BCUT2D eigenvalue weighted by Crippen LogP contribution is -2.25. The second-order valence-corrected chi connectivity index (χ2v) is 4.58. The highest BCUT2D eigenvalue weighted by molar-refractivity contribution is 5.44. The number of methoxy groups -OCH3 is 1. The Morgan fingerprint density at radius 3 is 2.58 bits per heavy atom. The summed E-state index contributed by atoms with van der Waals surface area (Å²) in [5.41, 5.74) is -0.0399. The van der Waals surface area contributed by atoms with E-state index in [1.807, 2.05) is 6.92 Å². The summed E-state index contributed by atoms with van der Waals surface area (Å²) >= 11 is 0. The van der Waals surface area contributed by atoms with Gasteiger partial charge in [-0.1, -0.05) is 12.1 Å². The van der Waals surface area contributed by atoms with Crippen molar-refractivity contribution in [3.8, 4) is 5.75 Å². The fourth-order valence-corrected chi connectivity index (χ4v) is 2.05. The standard InChI is InChI=1S/C15H16FNO2/c1-10-7-8-11(9-17-10)15(2,18)14-12(16)5-4-6-13(14)19-3/h4-9,18H,1-3H3. The van der Waals surface area contributed by atoms with Gasteiger partial charge in [0.05, 0.1) is 12.7 Å². The maximum atomic E-state index is 14.0. The molecule has 1 aromatic carbocycles. The Morgan fingerprint density at radius 2 is 2.00 bits per heavy atom. The number of hydrogen-bond donors (Lipinski definition) is 1. The van der Waals surface area contributed by atoms with Gasteiger partial charge in [-0.2, -0.15) is 0 Å². The molecule has 100 valence electrons.